The maximum Gasteiger partial charge on any atom is 0.416 e. The smallest absolute Gasteiger partial charge is 0.352 e. The standard InChI is InChI=1S/C9H10F3N/c1-6(13)7-3-2-4-8(5-7)9(10,11)12/h2-6H,13H2,1H3/p+1/t6-/m0/s1. The molecule has 0 fully saturated rings. The molecule has 72 valence electrons. The van der Waals surface area contributed by atoms with E-state index < -0.39 is 11.7 Å². The van der Waals surface area contributed by atoms with Gasteiger partial charge >= 0.3 is 6.18 Å². The molecule has 0 heterocycles. The first kappa shape index (κ1) is 10.1. The average molecular weight is 190 g/mol. The maximum atomic E-state index is 12.2. The highest BCUT2D eigenvalue weighted by molar-refractivity contribution is 5.26. The Balaban J connectivity index is 3.06. The Kier molecular flexibility index (Phi) is 2.61. The second kappa shape index (κ2) is 3.38. The molecule has 0 amide bonds. The van der Waals surface area contributed by atoms with Gasteiger partial charge in [-0.05, 0) is 19.1 Å². The summed E-state index contributed by atoms with van der Waals surface area (Å²) in [6, 6.07) is 5.12. The fraction of sp³-hybridized carbons (Fsp3) is 0.333. The molecule has 1 rings (SSSR count). The molecule has 13 heavy (non-hydrogen) atoms. The van der Waals surface area contributed by atoms with Crippen molar-refractivity contribution >= 4 is 0 Å². The van der Waals surface area contributed by atoms with Crippen molar-refractivity contribution in [2.24, 2.45) is 0 Å². The summed E-state index contributed by atoms with van der Waals surface area (Å²) >= 11 is 0. The van der Waals surface area contributed by atoms with Crippen molar-refractivity contribution < 1.29 is 18.9 Å². The lowest BCUT2D eigenvalue weighted by atomic mass is 10.1. The van der Waals surface area contributed by atoms with Gasteiger partial charge < -0.3 is 5.73 Å². The van der Waals surface area contributed by atoms with Crippen LogP contribution in [0.3, 0.4) is 0 Å². The summed E-state index contributed by atoms with van der Waals surface area (Å²) in [5.74, 6) is 0. The van der Waals surface area contributed by atoms with Gasteiger partial charge in [-0.3, -0.25) is 0 Å². The van der Waals surface area contributed by atoms with Crippen LogP contribution in [0.15, 0.2) is 24.3 Å². The summed E-state index contributed by atoms with van der Waals surface area (Å²) in [6.45, 7) is 1.76. The fourth-order valence-electron chi connectivity index (χ4n) is 1.02. The van der Waals surface area contributed by atoms with Crippen LogP contribution in [0.4, 0.5) is 13.2 Å². The first-order valence-electron chi connectivity index (χ1n) is 3.91. The van der Waals surface area contributed by atoms with E-state index in [-0.39, 0.29) is 6.04 Å². The molecule has 0 aromatic heterocycles. The highest BCUT2D eigenvalue weighted by Gasteiger charge is 2.30. The molecule has 1 nitrogen and oxygen atoms in total. The lowest BCUT2D eigenvalue weighted by Gasteiger charge is -2.08. The SMILES string of the molecule is C[C@H]([NH3+])c1cccc(C(F)(F)F)c1. The second-order valence-electron chi connectivity index (χ2n) is 3.02. The summed E-state index contributed by atoms with van der Waals surface area (Å²) < 4.78 is 36.6. The first-order valence-corrected chi connectivity index (χ1v) is 3.91. The van der Waals surface area contributed by atoms with E-state index in [2.05, 4.69) is 5.73 Å². The van der Waals surface area contributed by atoms with Crippen molar-refractivity contribution in [3.05, 3.63) is 35.4 Å². The zero-order valence-corrected chi connectivity index (χ0v) is 7.23. The van der Waals surface area contributed by atoms with Gasteiger partial charge in [-0.15, -0.1) is 0 Å². The number of alkyl halides is 3. The van der Waals surface area contributed by atoms with Crippen LogP contribution in [0.2, 0.25) is 0 Å². The molecule has 0 unspecified atom stereocenters. The fourth-order valence-corrected chi connectivity index (χ4v) is 1.02. The Morgan fingerprint density at radius 3 is 2.38 bits per heavy atom. The third-order valence-corrected chi connectivity index (χ3v) is 1.78. The predicted octanol–water partition coefficient (Wildman–Crippen LogP) is 2.01. The zero-order valence-electron chi connectivity index (χ0n) is 7.23. The van der Waals surface area contributed by atoms with E-state index >= 15 is 0 Å². The monoisotopic (exact) mass is 190 g/mol. The number of halogens is 3. The maximum absolute atomic E-state index is 12.2. The Labute approximate surface area is 74.4 Å². The van der Waals surface area contributed by atoms with Crippen LogP contribution < -0.4 is 5.73 Å². The number of rotatable bonds is 1. The van der Waals surface area contributed by atoms with Crippen LogP contribution in [0.5, 0.6) is 0 Å². The minimum absolute atomic E-state index is 0.123. The highest BCUT2D eigenvalue weighted by Crippen LogP contribution is 2.30. The van der Waals surface area contributed by atoms with Gasteiger partial charge in [0.25, 0.3) is 0 Å². The van der Waals surface area contributed by atoms with Crippen molar-refractivity contribution in [1.82, 2.24) is 0 Å². The van der Waals surface area contributed by atoms with Gasteiger partial charge in [-0.1, -0.05) is 12.1 Å². The molecule has 4 heteroatoms. The minimum Gasteiger partial charge on any atom is -0.352 e. The van der Waals surface area contributed by atoms with Crippen molar-refractivity contribution in [3.63, 3.8) is 0 Å². The Morgan fingerprint density at radius 1 is 1.31 bits per heavy atom. The molecule has 1 atom stereocenters. The van der Waals surface area contributed by atoms with Gasteiger partial charge in [0.05, 0.1) is 5.56 Å². The van der Waals surface area contributed by atoms with E-state index in [9.17, 15) is 13.2 Å². The third-order valence-electron chi connectivity index (χ3n) is 1.78. The van der Waals surface area contributed by atoms with Crippen LogP contribution >= 0.6 is 0 Å². The van der Waals surface area contributed by atoms with Crippen molar-refractivity contribution in [2.75, 3.05) is 0 Å². The normalized spacial score (nSPS) is 14.2. The molecular formula is C9H11F3N+. The number of hydrogen-bond acceptors (Lipinski definition) is 0. The Bertz CT molecular complexity index is 291. The molecular weight excluding hydrogens is 179 g/mol. The van der Waals surface area contributed by atoms with Gasteiger partial charge in [0.15, 0.2) is 0 Å². The third kappa shape index (κ3) is 2.45. The number of benzene rings is 1. The van der Waals surface area contributed by atoms with Crippen LogP contribution in [-0.4, -0.2) is 0 Å². The topological polar surface area (TPSA) is 27.6 Å². The van der Waals surface area contributed by atoms with Gasteiger partial charge in [0.2, 0.25) is 0 Å². The summed E-state index contributed by atoms with van der Waals surface area (Å²) in [7, 11) is 0. The van der Waals surface area contributed by atoms with Gasteiger partial charge in [0.1, 0.15) is 6.04 Å². The Hall–Kier alpha value is -1.03. The molecule has 0 radical (unpaired) electrons. The van der Waals surface area contributed by atoms with Gasteiger partial charge in [-0.2, -0.15) is 13.2 Å². The van der Waals surface area contributed by atoms with Crippen LogP contribution in [0, 0.1) is 0 Å². The van der Waals surface area contributed by atoms with E-state index in [1.807, 2.05) is 0 Å². The molecule has 0 spiro atoms. The predicted molar refractivity (Wildman–Crippen MR) is 42.7 cm³/mol. The van der Waals surface area contributed by atoms with E-state index in [0.29, 0.717) is 5.56 Å². The summed E-state index contributed by atoms with van der Waals surface area (Å²) in [5.41, 5.74) is 3.66. The zero-order chi connectivity index (χ0) is 10.1. The molecule has 1 aromatic rings. The van der Waals surface area contributed by atoms with E-state index in [1.54, 1.807) is 13.0 Å². The van der Waals surface area contributed by atoms with Gasteiger partial charge in [0, 0.05) is 5.56 Å². The van der Waals surface area contributed by atoms with E-state index in [0.717, 1.165) is 12.1 Å². The Morgan fingerprint density at radius 2 is 1.92 bits per heavy atom. The molecule has 0 aliphatic carbocycles. The van der Waals surface area contributed by atoms with E-state index in [1.165, 1.54) is 6.07 Å². The van der Waals surface area contributed by atoms with Crippen LogP contribution in [0.1, 0.15) is 24.1 Å². The molecule has 0 aliphatic rings. The first-order chi connectivity index (χ1) is 5.91. The van der Waals surface area contributed by atoms with Crippen LogP contribution in [-0.2, 0) is 6.18 Å². The van der Waals surface area contributed by atoms with Crippen molar-refractivity contribution in [2.45, 2.75) is 19.1 Å². The molecule has 0 saturated heterocycles. The number of hydrogen-bond donors (Lipinski definition) is 1. The largest absolute Gasteiger partial charge is 0.416 e. The highest BCUT2D eigenvalue weighted by atomic mass is 19.4. The lowest BCUT2D eigenvalue weighted by molar-refractivity contribution is -0.420. The minimum atomic E-state index is -4.26. The molecule has 0 bridgehead atoms. The summed E-state index contributed by atoms with van der Waals surface area (Å²) in [6.07, 6.45) is -4.26. The summed E-state index contributed by atoms with van der Waals surface area (Å²) in [5, 5.41) is 0. The van der Waals surface area contributed by atoms with Crippen LogP contribution in [0.25, 0.3) is 0 Å². The molecule has 0 saturated carbocycles. The quantitative estimate of drug-likeness (QED) is 0.701. The molecule has 0 aliphatic heterocycles. The molecule has 3 N–H and O–H groups in total. The van der Waals surface area contributed by atoms with E-state index in [4.69, 9.17) is 0 Å². The number of quaternary nitrogens is 1. The molecule has 1 aromatic carbocycles. The van der Waals surface area contributed by atoms with Crippen molar-refractivity contribution in [3.8, 4) is 0 Å². The summed E-state index contributed by atoms with van der Waals surface area (Å²) in [4.78, 5) is 0. The second-order valence-corrected chi connectivity index (χ2v) is 3.02. The average Bonchev–Trinajstić information content (AvgIpc) is 2.03. The van der Waals surface area contributed by atoms with Crippen molar-refractivity contribution in [1.29, 1.82) is 0 Å². The van der Waals surface area contributed by atoms with Gasteiger partial charge in [-0.25, -0.2) is 0 Å². The lowest BCUT2D eigenvalue weighted by Crippen LogP contribution is -2.51.